The zero-order valence-electron chi connectivity index (χ0n) is 12.5. The molecule has 1 aliphatic carbocycles. The lowest BCUT2D eigenvalue weighted by atomic mass is 9.75. The first kappa shape index (κ1) is 16.3. The molecule has 0 aromatic carbocycles. The van der Waals surface area contributed by atoms with Gasteiger partial charge in [0.05, 0.1) is 12.7 Å². The van der Waals surface area contributed by atoms with Gasteiger partial charge in [0, 0.05) is 19.0 Å². The number of alkyl halides is 1. The van der Waals surface area contributed by atoms with Gasteiger partial charge in [-0.2, -0.15) is 0 Å². The maximum Gasteiger partial charge on any atom is 0.0608 e. The van der Waals surface area contributed by atoms with E-state index < -0.39 is 0 Å². The van der Waals surface area contributed by atoms with Crippen molar-refractivity contribution in [2.24, 2.45) is 17.8 Å². The molecule has 0 aliphatic heterocycles. The lowest BCUT2D eigenvalue weighted by Crippen LogP contribution is -2.36. The fourth-order valence-corrected chi connectivity index (χ4v) is 3.21. The second-order valence-corrected chi connectivity index (χ2v) is 6.61. The van der Waals surface area contributed by atoms with E-state index >= 15 is 0 Å². The lowest BCUT2D eigenvalue weighted by molar-refractivity contribution is -0.0426. The third-order valence-electron chi connectivity index (χ3n) is 4.23. The Hall–Kier alpha value is 0.210. The van der Waals surface area contributed by atoms with Crippen LogP contribution in [0, 0.1) is 17.8 Å². The van der Waals surface area contributed by atoms with Gasteiger partial charge in [0.25, 0.3) is 0 Å². The summed E-state index contributed by atoms with van der Waals surface area (Å²) in [6.07, 6.45) is 4.41. The van der Waals surface area contributed by atoms with E-state index in [0.717, 1.165) is 37.5 Å². The molecule has 0 unspecified atom stereocenters. The molecule has 1 fully saturated rings. The molecule has 0 heterocycles. The predicted molar refractivity (Wildman–Crippen MR) is 79.3 cm³/mol. The van der Waals surface area contributed by atoms with Crippen LogP contribution in [-0.4, -0.2) is 43.6 Å². The summed E-state index contributed by atoms with van der Waals surface area (Å²) in [5.41, 5.74) is 0. The largest absolute Gasteiger partial charge is 0.377 e. The minimum absolute atomic E-state index is 0.471. The highest BCUT2D eigenvalue weighted by Crippen LogP contribution is 2.35. The predicted octanol–water partition coefficient (Wildman–Crippen LogP) is 3.63. The van der Waals surface area contributed by atoms with Gasteiger partial charge < -0.3 is 9.64 Å². The number of likely N-dealkylation sites (N-methyl/N-ethyl adjacent to an activating group) is 1. The van der Waals surface area contributed by atoms with Crippen LogP contribution in [0.2, 0.25) is 0 Å². The van der Waals surface area contributed by atoms with Crippen molar-refractivity contribution < 1.29 is 4.74 Å². The van der Waals surface area contributed by atoms with Crippen LogP contribution in [0.4, 0.5) is 0 Å². The molecule has 1 saturated carbocycles. The van der Waals surface area contributed by atoms with Crippen LogP contribution >= 0.6 is 11.6 Å². The van der Waals surface area contributed by atoms with Crippen molar-refractivity contribution in [2.75, 3.05) is 32.6 Å². The highest BCUT2D eigenvalue weighted by atomic mass is 35.5. The Morgan fingerprint density at radius 1 is 1.28 bits per heavy atom. The molecule has 0 N–H and O–H groups in total. The van der Waals surface area contributed by atoms with Crippen LogP contribution in [0.1, 0.15) is 40.0 Å². The monoisotopic (exact) mass is 275 g/mol. The van der Waals surface area contributed by atoms with E-state index in [4.69, 9.17) is 16.3 Å². The molecule has 18 heavy (non-hydrogen) atoms. The summed E-state index contributed by atoms with van der Waals surface area (Å²) in [7, 11) is 2.11. The zero-order chi connectivity index (χ0) is 13.5. The van der Waals surface area contributed by atoms with Crippen molar-refractivity contribution in [3.8, 4) is 0 Å². The summed E-state index contributed by atoms with van der Waals surface area (Å²) in [6.45, 7) is 9.79. The zero-order valence-corrected chi connectivity index (χ0v) is 13.2. The summed E-state index contributed by atoms with van der Waals surface area (Å²) in [5, 5.41) is 0. The fraction of sp³-hybridized carbons (Fsp3) is 1.00. The molecule has 0 aromatic rings. The highest BCUT2D eigenvalue weighted by Gasteiger charge is 2.31. The smallest absolute Gasteiger partial charge is 0.0608 e. The summed E-state index contributed by atoms with van der Waals surface area (Å²) >= 11 is 5.73. The second-order valence-electron chi connectivity index (χ2n) is 6.23. The van der Waals surface area contributed by atoms with Crippen LogP contribution in [0.5, 0.6) is 0 Å². The van der Waals surface area contributed by atoms with Gasteiger partial charge >= 0.3 is 0 Å². The third-order valence-corrected chi connectivity index (χ3v) is 4.40. The quantitative estimate of drug-likeness (QED) is 0.658. The minimum Gasteiger partial charge on any atom is -0.377 e. The van der Waals surface area contributed by atoms with Gasteiger partial charge in [-0.05, 0) is 37.6 Å². The van der Waals surface area contributed by atoms with Crippen LogP contribution < -0.4 is 0 Å². The molecular formula is C15H30ClNO. The maximum absolute atomic E-state index is 6.16. The normalized spacial score (nSPS) is 29.2. The Balaban J connectivity index is 2.32. The van der Waals surface area contributed by atoms with E-state index in [9.17, 15) is 0 Å². The number of ether oxygens (including phenoxy) is 1. The van der Waals surface area contributed by atoms with Gasteiger partial charge in [-0.15, -0.1) is 11.6 Å². The summed E-state index contributed by atoms with van der Waals surface area (Å²) in [6, 6.07) is 0. The average molecular weight is 276 g/mol. The Kier molecular flexibility index (Phi) is 7.59. The lowest BCUT2D eigenvalue weighted by Gasteiger charge is -2.37. The standard InChI is InChI=1S/C15H30ClNO/c1-12(2)14-6-5-13(3)11-15(14)18-10-9-17(4)8-7-16/h12-15H,5-11H2,1-4H3/t13-,14+,15-/m1/s1. The van der Waals surface area contributed by atoms with E-state index in [2.05, 4.69) is 32.7 Å². The molecule has 0 saturated heterocycles. The van der Waals surface area contributed by atoms with E-state index in [0.29, 0.717) is 12.0 Å². The first-order valence-electron chi connectivity index (χ1n) is 7.40. The number of halogens is 1. The van der Waals surface area contributed by atoms with Crippen molar-refractivity contribution in [1.29, 1.82) is 0 Å². The van der Waals surface area contributed by atoms with Gasteiger partial charge in [-0.25, -0.2) is 0 Å². The van der Waals surface area contributed by atoms with Crippen molar-refractivity contribution in [3.05, 3.63) is 0 Å². The first-order valence-corrected chi connectivity index (χ1v) is 7.94. The molecule has 0 radical (unpaired) electrons. The van der Waals surface area contributed by atoms with Gasteiger partial charge in [-0.3, -0.25) is 0 Å². The molecular weight excluding hydrogens is 246 g/mol. The Labute approximate surface area is 118 Å². The number of hydrogen-bond acceptors (Lipinski definition) is 2. The van der Waals surface area contributed by atoms with E-state index in [1.165, 1.54) is 19.3 Å². The molecule has 0 bridgehead atoms. The van der Waals surface area contributed by atoms with Crippen LogP contribution in [-0.2, 0) is 4.74 Å². The van der Waals surface area contributed by atoms with E-state index in [1.807, 2.05) is 0 Å². The molecule has 2 nitrogen and oxygen atoms in total. The number of hydrogen-bond donors (Lipinski definition) is 0. The van der Waals surface area contributed by atoms with Gasteiger partial charge in [-0.1, -0.05) is 27.2 Å². The Bertz CT molecular complexity index is 223. The summed E-state index contributed by atoms with van der Waals surface area (Å²) in [4.78, 5) is 2.24. The topological polar surface area (TPSA) is 12.5 Å². The molecule has 1 rings (SSSR count). The molecule has 3 atom stereocenters. The van der Waals surface area contributed by atoms with Crippen molar-refractivity contribution in [1.82, 2.24) is 4.90 Å². The van der Waals surface area contributed by atoms with E-state index in [-0.39, 0.29) is 0 Å². The maximum atomic E-state index is 6.16. The van der Waals surface area contributed by atoms with Gasteiger partial charge in [0.2, 0.25) is 0 Å². The molecule has 108 valence electrons. The Morgan fingerprint density at radius 2 is 2.00 bits per heavy atom. The molecule has 0 spiro atoms. The van der Waals surface area contributed by atoms with Crippen LogP contribution in [0.25, 0.3) is 0 Å². The molecule has 3 heteroatoms. The highest BCUT2D eigenvalue weighted by molar-refractivity contribution is 6.18. The SMILES string of the molecule is CC(C)[C@@H]1CC[C@@H](C)C[C@H]1OCCN(C)CCCl. The van der Waals surface area contributed by atoms with Crippen molar-refractivity contribution in [2.45, 2.75) is 46.1 Å². The molecule has 1 aliphatic rings. The minimum atomic E-state index is 0.471. The van der Waals surface area contributed by atoms with Crippen LogP contribution in [0.3, 0.4) is 0 Å². The second kappa shape index (κ2) is 8.39. The van der Waals surface area contributed by atoms with Crippen molar-refractivity contribution in [3.63, 3.8) is 0 Å². The molecule has 0 aromatic heterocycles. The number of rotatable bonds is 7. The van der Waals surface area contributed by atoms with Gasteiger partial charge in [0.15, 0.2) is 0 Å². The number of nitrogens with zero attached hydrogens (tertiary/aromatic N) is 1. The average Bonchev–Trinajstić information content (AvgIpc) is 2.29. The fourth-order valence-electron chi connectivity index (χ4n) is 2.92. The van der Waals surface area contributed by atoms with E-state index in [1.54, 1.807) is 0 Å². The summed E-state index contributed by atoms with van der Waals surface area (Å²) < 4.78 is 6.16. The Morgan fingerprint density at radius 3 is 2.61 bits per heavy atom. The first-order chi connectivity index (χ1) is 8.54. The third kappa shape index (κ3) is 5.46. The molecule has 0 amide bonds. The van der Waals surface area contributed by atoms with Gasteiger partial charge in [0.1, 0.15) is 0 Å². The van der Waals surface area contributed by atoms with Crippen LogP contribution in [0.15, 0.2) is 0 Å². The van der Waals surface area contributed by atoms with Crippen molar-refractivity contribution >= 4 is 11.6 Å². The summed E-state index contributed by atoms with van der Waals surface area (Å²) in [5.74, 6) is 3.01.